The topological polar surface area (TPSA) is 61.8 Å². The standard InChI is InChI=1S/C14H23N5O.HI/c1-19(2)8-9-20-13-10-12(4-7-15-13)11-18-14-16-5-3-6-17-14;/h4,7,10H,3,5-6,8-9,11H2,1-2H3,(H2,16,17,18);1H. The summed E-state index contributed by atoms with van der Waals surface area (Å²) in [6, 6.07) is 3.95. The van der Waals surface area contributed by atoms with Crippen LogP contribution < -0.4 is 15.4 Å². The molecule has 0 bridgehead atoms. The molecule has 1 aromatic rings. The third-order valence-electron chi connectivity index (χ3n) is 2.94. The highest BCUT2D eigenvalue weighted by Gasteiger charge is 2.04. The van der Waals surface area contributed by atoms with E-state index in [1.54, 1.807) is 6.20 Å². The van der Waals surface area contributed by atoms with Crippen LogP contribution in [0.5, 0.6) is 5.88 Å². The van der Waals surface area contributed by atoms with Crippen molar-refractivity contribution in [3.63, 3.8) is 0 Å². The fourth-order valence-electron chi connectivity index (χ4n) is 1.81. The van der Waals surface area contributed by atoms with Crippen molar-refractivity contribution in [1.29, 1.82) is 0 Å². The number of aromatic nitrogens is 1. The smallest absolute Gasteiger partial charge is 0.213 e. The zero-order valence-electron chi connectivity index (χ0n) is 12.6. The van der Waals surface area contributed by atoms with Crippen LogP contribution in [-0.4, -0.2) is 56.2 Å². The largest absolute Gasteiger partial charge is 0.476 e. The molecular formula is C14H24IN5O. The molecule has 2 rings (SSSR count). The van der Waals surface area contributed by atoms with E-state index in [9.17, 15) is 0 Å². The van der Waals surface area contributed by atoms with Gasteiger partial charge in [0, 0.05) is 38.4 Å². The molecule has 0 atom stereocenters. The summed E-state index contributed by atoms with van der Waals surface area (Å²) in [7, 11) is 4.05. The number of aliphatic imine (C=N–C) groups is 1. The number of rotatable bonds is 6. The highest BCUT2D eigenvalue weighted by Crippen LogP contribution is 2.09. The zero-order valence-corrected chi connectivity index (χ0v) is 15.0. The first-order chi connectivity index (χ1) is 9.74. The van der Waals surface area contributed by atoms with Gasteiger partial charge >= 0.3 is 0 Å². The Labute approximate surface area is 143 Å². The SMILES string of the molecule is CN(C)CCOc1cc(CNC2=NCCCN2)ccn1.I. The predicted molar refractivity (Wildman–Crippen MR) is 95.5 cm³/mol. The van der Waals surface area contributed by atoms with E-state index in [4.69, 9.17) is 4.74 Å². The predicted octanol–water partition coefficient (Wildman–Crippen LogP) is 1.08. The third-order valence-corrected chi connectivity index (χ3v) is 2.94. The van der Waals surface area contributed by atoms with Gasteiger partial charge in [0.1, 0.15) is 6.61 Å². The highest BCUT2D eigenvalue weighted by molar-refractivity contribution is 14.0. The second-order valence-corrected chi connectivity index (χ2v) is 5.02. The van der Waals surface area contributed by atoms with Gasteiger partial charge in [-0.1, -0.05) is 0 Å². The number of nitrogens with zero attached hydrogens (tertiary/aromatic N) is 3. The van der Waals surface area contributed by atoms with Crippen LogP contribution in [0.1, 0.15) is 12.0 Å². The van der Waals surface area contributed by atoms with Crippen LogP contribution in [0, 0.1) is 0 Å². The Morgan fingerprint density at radius 3 is 3.00 bits per heavy atom. The molecule has 1 aliphatic rings. The minimum absolute atomic E-state index is 0. The molecule has 2 heterocycles. The van der Waals surface area contributed by atoms with Gasteiger partial charge in [0.2, 0.25) is 5.88 Å². The van der Waals surface area contributed by atoms with Crippen LogP contribution in [0.25, 0.3) is 0 Å². The first-order valence-electron chi connectivity index (χ1n) is 6.99. The van der Waals surface area contributed by atoms with Crippen LogP contribution in [0.4, 0.5) is 0 Å². The van der Waals surface area contributed by atoms with E-state index in [-0.39, 0.29) is 24.0 Å². The minimum Gasteiger partial charge on any atom is -0.476 e. The monoisotopic (exact) mass is 405 g/mol. The van der Waals surface area contributed by atoms with E-state index >= 15 is 0 Å². The summed E-state index contributed by atoms with van der Waals surface area (Å²) in [6.07, 6.45) is 2.88. The van der Waals surface area contributed by atoms with E-state index in [1.807, 2.05) is 26.2 Å². The Hall–Kier alpha value is -1.09. The molecule has 0 unspecified atom stereocenters. The van der Waals surface area contributed by atoms with Gasteiger partial charge in [-0.3, -0.25) is 4.99 Å². The van der Waals surface area contributed by atoms with Crippen LogP contribution in [0.15, 0.2) is 23.3 Å². The van der Waals surface area contributed by atoms with Crippen molar-refractivity contribution in [3.05, 3.63) is 23.9 Å². The van der Waals surface area contributed by atoms with Crippen molar-refractivity contribution >= 4 is 29.9 Å². The lowest BCUT2D eigenvalue weighted by Crippen LogP contribution is -2.40. The third kappa shape index (κ3) is 6.94. The summed E-state index contributed by atoms with van der Waals surface area (Å²) in [5.41, 5.74) is 1.13. The lowest BCUT2D eigenvalue weighted by molar-refractivity contribution is 0.253. The van der Waals surface area contributed by atoms with Gasteiger partial charge in [0.15, 0.2) is 5.96 Å². The fraction of sp³-hybridized carbons (Fsp3) is 0.571. The van der Waals surface area contributed by atoms with Crippen LogP contribution in [0.3, 0.4) is 0 Å². The average molecular weight is 405 g/mol. The van der Waals surface area contributed by atoms with E-state index in [0.29, 0.717) is 12.5 Å². The average Bonchev–Trinajstić information content (AvgIpc) is 2.46. The number of likely N-dealkylation sites (N-methyl/N-ethyl adjacent to an activating group) is 1. The summed E-state index contributed by atoms with van der Waals surface area (Å²) < 4.78 is 5.62. The molecular weight excluding hydrogens is 381 g/mol. The van der Waals surface area contributed by atoms with Gasteiger partial charge < -0.3 is 20.3 Å². The number of ether oxygens (including phenoxy) is 1. The normalized spacial score (nSPS) is 14.0. The molecule has 0 amide bonds. The van der Waals surface area contributed by atoms with Crippen molar-refractivity contribution < 1.29 is 4.74 Å². The quantitative estimate of drug-likeness (QED) is 0.694. The van der Waals surface area contributed by atoms with Gasteiger partial charge in [-0.05, 0) is 32.1 Å². The van der Waals surface area contributed by atoms with Gasteiger partial charge in [0.05, 0.1) is 0 Å². The second kappa shape index (κ2) is 9.78. The Balaban J connectivity index is 0.00000220. The highest BCUT2D eigenvalue weighted by atomic mass is 127. The van der Waals surface area contributed by atoms with Crippen LogP contribution >= 0.6 is 24.0 Å². The molecule has 1 aromatic heterocycles. The molecule has 2 N–H and O–H groups in total. The van der Waals surface area contributed by atoms with Crippen molar-refractivity contribution in [3.8, 4) is 5.88 Å². The van der Waals surface area contributed by atoms with Crippen LogP contribution in [0.2, 0.25) is 0 Å². The Bertz CT molecular complexity index is 453. The lowest BCUT2D eigenvalue weighted by Gasteiger charge is -2.16. The Kier molecular flexibility index (Phi) is 8.36. The number of hydrogen-bond donors (Lipinski definition) is 2. The van der Waals surface area contributed by atoms with Crippen molar-refractivity contribution in [1.82, 2.24) is 20.5 Å². The molecule has 0 saturated carbocycles. The van der Waals surface area contributed by atoms with Crippen molar-refractivity contribution in [2.45, 2.75) is 13.0 Å². The summed E-state index contributed by atoms with van der Waals surface area (Å²) in [5, 5.41) is 6.52. The van der Waals surface area contributed by atoms with Gasteiger partial charge in [-0.2, -0.15) is 0 Å². The minimum atomic E-state index is 0. The van der Waals surface area contributed by atoms with Gasteiger partial charge in [-0.15, -0.1) is 24.0 Å². The summed E-state index contributed by atoms with van der Waals surface area (Å²) in [5.74, 6) is 1.55. The van der Waals surface area contributed by atoms with Gasteiger partial charge in [0.25, 0.3) is 0 Å². The van der Waals surface area contributed by atoms with E-state index < -0.39 is 0 Å². The first kappa shape index (κ1) is 18.0. The lowest BCUT2D eigenvalue weighted by atomic mass is 10.2. The maximum atomic E-state index is 5.62. The molecule has 0 radical (unpaired) electrons. The number of halogens is 1. The number of pyridine rings is 1. The Morgan fingerprint density at radius 2 is 2.29 bits per heavy atom. The molecule has 0 saturated heterocycles. The van der Waals surface area contributed by atoms with Crippen LogP contribution in [-0.2, 0) is 6.54 Å². The van der Waals surface area contributed by atoms with E-state index in [1.165, 1.54) is 0 Å². The molecule has 6 nitrogen and oxygen atoms in total. The maximum absolute atomic E-state index is 5.62. The van der Waals surface area contributed by atoms with E-state index in [2.05, 4.69) is 25.5 Å². The molecule has 7 heteroatoms. The number of hydrogen-bond acceptors (Lipinski definition) is 6. The van der Waals surface area contributed by atoms with Gasteiger partial charge in [-0.25, -0.2) is 4.98 Å². The molecule has 118 valence electrons. The summed E-state index contributed by atoms with van der Waals surface area (Å²) in [6.45, 7) is 4.13. The van der Waals surface area contributed by atoms with Crippen molar-refractivity contribution in [2.24, 2.45) is 4.99 Å². The zero-order chi connectivity index (χ0) is 14.2. The van der Waals surface area contributed by atoms with E-state index in [0.717, 1.165) is 44.1 Å². The summed E-state index contributed by atoms with van der Waals surface area (Å²) in [4.78, 5) is 10.7. The number of guanidine groups is 1. The maximum Gasteiger partial charge on any atom is 0.213 e. The molecule has 0 fully saturated rings. The Morgan fingerprint density at radius 1 is 1.43 bits per heavy atom. The second-order valence-electron chi connectivity index (χ2n) is 5.02. The first-order valence-corrected chi connectivity index (χ1v) is 6.99. The van der Waals surface area contributed by atoms with Crippen molar-refractivity contribution in [2.75, 3.05) is 40.3 Å². The molecule has 0 spiro atoms. The molecule has 1 aliphatic heterocycles. The molecule has 0 aliphatic carbocycles. The number of nitrogens with one attached hydrogen (secondary N) is 2. The molecule has 0 aromatic carbocycles. The molecule has 21 heavy (non-hydrogen) atoms. The fourth-order valence-corrected chi connectivity index (χ4v) is 1.81. The summed E-state index contributed by atoms with van der Waals surface area (Å²) >= 11 is 0.